The first-order valence-electron chi connectivity index (χ1n) is 5.62. The lowest BCUT2D eigenvalue weighted by Gasteiger charge is -2.10. The van der Waals surface area contributed by atoms with E-state index in [2.05, 4.69) is 56.7 Å². The van der Waals surface area contributed by atoms with E-state index in [4.69, 9.17) is 0 Å². The monoisotopic (exact) mass is 310 g/mol. The normalized spacial score (nSPS) is 10.5. The highest BCUT2D eigenvalue weighted by atomic mass is 79.9. The lowest BCUT2D eigenvalue weighted by Crippen LogP contribution is -2.01. The van der Waals surface area contributed by atoms with Gasteiger partial charge in [0.2, 0.25) is 0 Å². The molecule has 0 bridgehead atoms. The van der Waals surface area contributed by atoms with Gasteiger partial charge in [0.05, 0.1) is 6.54 Å². The summed E-state index contributed by atoms with van der Waals surface area (Å²) in [5.41, 5.74) is 3.62. The van der Waals surface area contributed by atoms with Crippen molar-refractivity contribution in [2.45, 2.75) is 26.8 Å². The summed E-state index contributed by atoms with van der Waals surface area (Å²) in [6.45, 7) is 4.99. The summed E-state index contributed by atoms with van der Waals surface area (Å²) >= 11 is 5.20. The SMILES string of the molecule is CCc1cc(Br)ccc1NCc1nc(C)cs1. The van der Waals surface area contributed by atoms with Crippen molar-refractivity contribution < 1.29 is 0 Å². The minimum Gasteiger partial charge on any atom is -0.378 e. The molecule has 0 fully saturated rings. The van der Waals surface area contributed by atoms with Gasteiger partial charge in [0.15, 0.2) is 0 Å². The number of hydrogen-bond acceptors (Lipinski definition) is 3. The fourth-order valence-corrected chi connectivity index (χ4v) is 2.80. The average Bonchev–Trinajstić information content (AvgIpc) is 2.73. The number of aromatic nitrogens is 1. The van der Waals surface area contributed by atoms with Crippen LogP contribution in [0.25, 0.3) is 0 Å². The van der Waals surface area contributed by atoms with Gasteiger partial charge in [-0.1, -0.05) is 22.9 Å². The molecule has 0 saturated heterocycles. The van der Waals surface area contributed by atoms with Crippen LogP contribution in [0.5, 0.6) is 0 Å². The molecule has 4 heteroatoms. The summed E-state index contributed by atoms with van der Waals surface area (Å²) < 4.78 is 1.13. The second kappa shape index (κ2) is 5.65. The number of benzene rings is 1. The Kier molecular flexibility index (Phi) is 4.18. The minimum atomic E-state index is 0.799. The molecule has 1 N–H and O–H groups in total. The number of hydrogen-bond donors (Lipinski definition) is 1. The maximum absolute atomic E-state index is 4.45. The number of nitrogens with one attached hydrogen (secondary N) is 1. The zero-order valence-electron chi connectivity index (χ0n) is 9.96. The van der Waals surface area contributed by atoms with Gasteiger partial charge < -0.3 is 5.32 Å². The predicted octanol–water partition coefficient (Wildman–Crippen LogP) is 4.39. The van der Waals surface area contributed by atoms with Crippen molar-refractivity contribution in [1.29, 1.82) is 0 Å². The van der Waals surface area contributed by atoms with Crippen LogP contribution >= 0.6 is 27.3 Å². The summed E-state index contributed by atoms with van der Waals surface area (Å²) in [4.78, 5) is 4.45. The molecule has 17 heavy (non-hydrogen) atoms. The Morgan fingerprint density at radius 3 is 2.88 bits per heavy atom. The van der Waals surface area contributed by atoms with Crippen LogP contribution in [-0.4, -0.2) is 4.98 Å². The number of aryl methyl sites for hydroxylation is 2. The highest BCUT2D eigenvalue weighted by molar-refractivity contribution is 9.10. The van der Waals surface area contributed by atoms with E-state index >= 15 is 0 Å². The Labute approximate surface area is 114 Å². The summed E-state index contributed by atoms with van der Waals surface area (Å²) in [6.07, 6.45) is 1.03. The first-order chi connectivity index (χ1) is 8.19. The van der Waals surface area contributed by atoms with Crippen LogP contribution in [0.3, 0.4) is 0 Å². The van der Waals surface area contributed by atoms with Crippen LogP contribution in [0.1, 0.15) is 23.2 Å². The molecule has 0 unspecified atom stereocenters. The van der Waals surface area contributed by atoms with Crippen molar-refractivity contribution in [3.05, 3.63) is 44.3 Å². The number of anilines is 1. The van der Waals surface area contributed by atoms with Crippen LogP contribution in [-0.2, 0) is 13.0 Å². The van der Waals surface area contributed by atoms with Crippen LogP contribution in [0.2, 0.25) is 0 Å². The van der Waals surface area contributed by atoms with E-state index in [-0.39, 0.29) is 0 Å². The summed E-state index contributed by atoms with van der Waals surface area (Å²) in [7, 11) is 0. The van der Waals surface area contributed by atoms with Crippen molar-refractivity contribution in [3.8, 4) is 0 Å². The number of thiazole rings is 1. The molecule has 0 aliphatic heterocycles. The molecule has 1 heterocycles. The molecule has 2 nitrogen and oxygen atoms in total. The fraction of sp³-hybridized carbons (Fsp3) is 0.308. The third kappa shape index (κ3) is 3.30. The molecule has 0 radical (unpaired) electrons. The zero-order valence-corrected chi connectivity index (χ0v) is 12.4. The van der Waals surface area contributed by atoms with Crippen molar-refractivity contribution in [1.82, 2.24) is 4.98 Å². The molecule has 1 aromatic heterocycles. The van der Waals surface area contributed by atoms with Crippen molar-refractivity contribution in [2.75, 3.05) is 5.32 Å². The summed E-state index contributed by atoms with van der Waals surface area (Å²) in [5.74, 6) is 0. The highest BCUT2D eigenvalue weighted by Gasteiger charge is 2.03. The zero-order chi connectivity index (χ0) is 12.3. The third-order valence-electron chi connectivity index (χ3n) is 2.54. The summed E-state index contributed by atoms with van der Waals surface area (Å²) in [6, 6.07) is 6.34. The Balaban J connectivity index is 2.08. The van der Waals surface area contributed by atoms with Gasteiger partial charge in [-0.2, -0.15) is 0 Å². The van der Waals surface area contributed by atoms with Crippen LogP contribution in [0.4, 0.5) is 5.69 Å². The second-order valence-corrected chi connectivity index (χ2v) is 5.75. The van der Waals surface area contributed by atoms with Crippen LogP contribution in [0.15, 0.2) is 28.1 Å². The third-order valence-corrected chi connectivity index (χ3v) is 4.00. The van der Waals surface area contributed by atoms with Crippen molar-refractivity contribution in [3.63, 3.8) is 0 Å². The molecule has 0 spiro atoms. The van der Waals surface area contributed by atoms with Gasteiger partial charge in [-0.05, 0) is 37.1 Å². The molecular weight excluding hydrogens is 296 g/mol. The molecule has 90 valence electrons. The predicted molar refractivity (Wildman–Crippen MR) is 77.7 cm³/mol. The quantitative estimate of drug-likeness (QED) is 0.906. The lowest BCUT2D eigenvalue weighted by molar-refractivity contribution is 1.05. The standard InChI is InChI=1S/C13H15BrN2S/c1-3-10-6-11(14)4-5-12(10)15-7-13-16-9(2)8-17-13/h4-6,8,15H,3,7H2,1-2H3. The number of halogens is 1. The number of nitrogens with zero attached hydrogens (tertiary/aromatic N) is 1. The van der Waals surface area contributed by atoms with Gasteiger partial charge in [0, 0.05) is 21.2 Å². The van der Waals surface area contributed by atoms with E-state index in [1.54, 1.807) is 11.3 Å². The number of rotatable bonds is 4. The molecule has 0 amide bonds. The van der Waals surface area contributed by atoms with Crippen molar-refractivity contribution in [2.24, 2.45) is 0 Å². The van der Waals surface area contributed by atoms with E-state index in [1.807, 2.05) is 6.92 Å². The Hall–Kier alpha value is -0.870. The van der Waals surface area contributed by atoms with E-state index < -0.39 is 0 Å². The average molecular weight is 311 g/mol. The molecule has 2 rings (SSSR count). The van der Waals surface area contributed by atoms with E-state index in [9.17, 15) is 0 Å². The second-order valence-electron chi connectivity index (χ2n) is 3.89. The lowest BCUT2D eigenvalue weighted by atomic mass is 10.1. The maximum Gasteiger partial charge on any atom is 0.112 e. The smallest absolute Gasteiger partial charge is 0.112 e. The molecule has 0 atom stereocenters. The first kappa shape index (κ1) is 12.6. The largest absolute Gasteiger partial charge is 0.378 e. The van der Waals surface area contributed by atoms with E-state index in [1.165, 1.54) is 11.3 Å². The van der Waals surface area contributed by atoms with Gasteiger partial charge >= 0.3 is 0 Å². The topological polar surface area (TPSA) is 24.9 Å². The molecular formula is C13H15BrN2S. The van der Waals surface area contributed by atoms with E-state index in [0.717, 1.165) is 28.1 Å². The van der Waals surface area contributed by atoms with Gasteiger partial charge in [0.25, 0.3) is 0 Å². The summed E-state index contributed by atoms with van der Waals surface area (Å²) in [5, 5.41) is 6.66. The Bertz CT molecular complexity index is 508. The molecule has 1 aromatic carbocycles. The van der Waals surface area contributed by atoms with Crippen molar-refractivity contribution >= 4 is 33.0 Å². The Morgan fingerprint density at radius 1 is 1.41 bits per heavy atom. The van der Waals surface area contributed by atoms with Gasteiger partial charge in [0.1, 0.15) is 5.01 Å². The maximum atomic E-state index is 4.45. The molecule has 0 aliphatic carbocycles. The molecule has 0 aliphatic rings. The van der Waals surface area contributed by atoms with Crippen LogP contribution in [0, 0.1) is 6.92 Å². The van der Waals surface area contributed by atoms with Gasteiger partial charge in [-0.25, -0.2) is 4.98 Å². The van der Waals surface area contributed by atoms with Gasteiger partial charge in [-0.15, -0.1) is 11.3 Å². The molecule has 0 saturated carbocycles. The molecule has 2 aromatic rings. The fourth-order valence-electron chi connectivity index (χ4n) is 1.68. The highest BCUT2D eigenvalue weighted by Crippen LogP contribution is 2.22. The van der Waals surface area contributed by atoms with E-state index in [0.29, 0.717) is 0 Å². The van der Waals surface area contributed by atoms with Gasteiger partial charge in [-0.3, -0.25) is 0 Å². The van der Waals surface area contributed by atoms with Crippen LogP contribution < -0.4 is 5.32 Å². The Morgan fingerprint density at radius 2 is 2.24 bits per heavy atom. The minimum absolute atomic E-state index is 0.799. The first-order valence-corrected chi connectivity index (χ1v) is 7.29.